The van der Waals surface area contributed by atoms with E-state index in [1.165, 1.54) is 5.56 Å². The van der Waals surface area contributed by atoms with Crippen molar-refractivity contribution in [2.45, 2.75) is 38.4 Å². The molecule has 0 aliphatic carbocycles. The summed E-state index contributed by atoms with van der Waals surface area (Å²) < 4.78 is 7.56. The van der Waals surface area contributed by atoms with Crippen LogP contribution in [0.25, 0.3) is 0 Å². The number of hydrogen-bond donors (Lipinski definition) is 1. The number of nitrogens with zero attached hydrogens (tertiary/aromatic N) is 3. The molecule has 6 heteroatoms. The quantitative estimate of drug-likeness (QED) is 0.629. The van der Waals surface area contributed by atoms with Gasteiger partial charge >= 0.3 is 0 Å². The molecule has 0 unspecified atom stereocenters. The normalized spacial score (nSPS) is 19.3. The molecule has 1 aromatic carbocycles. The van der Waals surface area contributed by atoms with E-state index in [0.717, 1.165) is 17.1 Å². The molecular weight excluding hydrogens is 380 g/mol. The van der Waals surface area contributed by atoms with Crippen LogP contribution in [0, 0.1) is 0 Å². The minimum absolute atomic E-state index is 0.00519. The minimum atomic E-state index is -0.0402. The third kappa shape index (κ3) is 3.72. The molecule has 1 fully saturated rings. The lowest BCUT2D eigenvalue weighted by atomic mass is 9.98. The molecule has 2 atom stereocenters. The molecule has 0 saturated carbocycles. The van der Waals surface area contributed by atoms with Gasteiger partial charge in [0.05, 0.1) is 24.9 Å². The monoisotopic (exact) mass is 406 g/mol. The van der Waals surface area contributed by atoms with Crippen LogP contribution >= 0.6 is 12.2 Å². The van der Waals surface area contributed by atoms with Gasteiger partial charge in [-0.2, -0.15) is 0 Å². The predicted molar refractivity (Wildman–Crippen MR) is 120 cm³/mol. The van der Waals surface area contributed by atoms with Gasteiger partial charge in [0, 0.05) is 29.8 Å². The minimum Gasteiger partial charge on any atom is -0.497 e. The second-order valence-electron chi connectivity index (χ2n) is 8.22. The summed E-state index contributed by atoms with van der Waals surface area (Å²) in [5.74, 6) is 0.823. The van der Waals surface area contributed by atoms with E-state index in [9.17, 15) is 0 Å². The first kappa shape index (κ1) is 19.5. The van der Waals surface area contributed by atoms with E-state index in [4.69, 9.17) is 17.0 Å². The Balaban J connectivity index is 1.80. The number of benzene rings is 1. The van der Waals surface area contributed by atoms with Gasteiger partial charge in [-0.1, -0.05) is 6.07 Å². The highest BCUT2D eigenvalue weighted by Gasteiger charge is 2.41. The Morgan fingerprint density at radius 3 is 2.41 bits per heavy atom. The maximum absolute atomic E-state index is 5.77. The van der Waals surface area contributed by atoms with Crippen LogP contribution in [0.15, 0.2) is 67.1 Å². The van der Waals surface area contributed by atoms with Gasteiger partial charge in [-0.15, -0.1) is 0 Å². The topological polar surface area (TPSA) is 42.3 Å². The van der Waals surface area contributed by atoms with E-state index in [-0.39, 0.29) is 17.6 Å². The lowest BCUT2D eigenvalue weighted by Gasteiger charge is -2.28. The SMILES string of the molecule is COc1ccc(N2C(=S)N[C@H](c3ccccn3)[C@H]2c2ccn(C(C)(C)C)c2)cc1. The average Bonchev–Trinajstić information content (AvgIpc) is 3.33. The Morgan fingerprint density at radius 2 is 1.83 bits per heavy atom. The molecule has 0 amide bonds. The molecule has 5 nitrogen and oxygen atoms in total. The van der Waals surface area contributed by atoms with E-state index in [2.05, 4.69) is 59.0 Å². The summed E-state index contributed by atoms with van der Waals surface area (Å²) in [6, 6.07) is 16.1. The number of ether oxygens (including phenoxy) is 1. The zero-order valence-electron chi connectivity index (χ0n) is 17.2. The van der Waals surface area contributed by atoms with Gasteiger partial charge in [0.25, 0.3) is 0 Å². The fraction of sp³-hybridized carbons (Fsp3) is 0.304. The lowest BCUT2D eigenvalue weighted by molar-refractivity contribution is 0.397. The largest absolute Gasteiger partial charge is 0.497 e. The Labute approximate surface area is 177 Å². The molecule has 1 aliphatic heterocycles. The number of nitrogens with one attached hydrogen (secondary N) is 1. The van der Waals surface area contributed by atoms with E-state index in [1.54, 1.807) is 7.11 Å². The van der Waals surface area contributed by atoms with Gasteiger partial charge in [-0.3, -0.25) is 4.98 Å². The van der Waals surface area contributed by atoms with Crippen LogP contribution in [0.3, 0.4) is 0 Å². The highest BCUT2D eigenvalue weighted by molar-refractivity contribution is 7.80. The van der Waals surface area contributed by atoms with Crippen molar-refractivity contribution in [1.82, 2.24) is 14.9 Å². The highest BCUT2D eigenvalue weighted by atomic mass is 32.1. The zero-order valence-corrected chi connectivity index (χ0v) is 18.0. The zero-order chi connectivity index (χ0) is 20.6. The van der Waals surface area contributed by atoms with Crippen molar-refractivity contribution in [2.75, 3.05) is 12.0 Å². The first-order valence-corrected chi connectivity index (χ1v) is 10.1. The molecule has 29 heavy (non-hydrogen) atoms. The van der Waals surface area contributed by atoms with Gasteiger partial charge in [-0.25, -0.2) is 0 Å². The van der Waals surface area contributed by atoms with Crippen LogP contribution in [0.1, 0.15) is 44.1 Å². The van der Waals surface area contributed by atoms with E-state index >= 15 is 0 Å². The van der Waals surface area contributed by atoms with Gasteiger partial charge in [0.2, 0.25) is 0 Å². The van der Waals surface area contributed by atoms with E-state index < -0.39 is 0 Å². The number of rotatable bonds is 4. The molecular formula is C23H26N4OS. The molecule has 1 aliphatic rings. The first-order chi connectivity index (χ1) is 13.9. The van der Waals surface area contributed by atoms with E-state index in [1.807, 2.05) is 48.7 Å². The van der Waals surface area contributed by atoms with Gasteiger partial charge in [0.1, 0.15) is 5.75 Å². The Hall–Kier alpha value is -2.86. The van der Waals surface area contributed by atoms with Crippen molar-refractivity contribution < 1.29 is 4.74 Å². The van der Waals surface area contributed by atoms with Crippen molar-refractivity contribution in [2.24, 2.45) is 0 Å². The van der Waals surface area contributed by atoms with Crippen molar-refractivity contribution in [3.8, 4) is 5.75 Å². The van der Waals surface area contributed by atoms with Gasteiger partial charge in [0.15, 0.2) is 5.11 Å². The van der Waals surface area contributed by atoms with Crippen LogP contribution in [0.4, 0.5) is 5.69 Å². The van der Waals surface area contributed by atoms with Crippen LogP contribution < -0.4 is 15.0 Å². The Bertz CT molecular complexity index is 992. The summed E-state index contributed by atoms with van der Waals surface area (Å²) in [7, 11) is 1.67. The molecule has 1 N–H and O–H groups in total. The molecule has 3 heterocycles. The summed E-state index contributed by atoms with van der Waals surface area (Å²) in [6.07, 6.45) is 6.18. The maximum Gasteiger partial charge on any atom is 0.174 e. The summed E-state index contributed by atoms with van der Waals surface area (Å²) in [5, 5.41) is 4.19. The van der Waals surface area contributed by atoms with Gasteiger partial charge in [-0.05, 0) is 81.0 Å². The van der Waals surface area contributed by atoms with Crippen LogP contribution in [-0.2, 0) is 5.54 Å². The van der Waals surface area contributed by atoms with E-state index in [0.29, 0.717) is 5.11 Å². The Morgan fingerprint density at radius 1 is 1.07 bits per heavy atom. The number of pyridine rings is 1. The molecule has 0 spiro atoms. The van der Waals surface area contributed by atoms with Crippen LogP contribution in [0.2, 0.25) is 0 Å². The summed E-state index contributed by atoms with van der Waals surface area (Å²) in [4.78, 5) is 6.78. The van der Waals surface area contributed by atoms with Crippen molar-refractivity contribution in [1.29, 1.82) is 0 Å². The second-order valence-corrected chi connectivity index (χ2v) is 8.60. The fourth-order valence-electron chi connectivity index (χ4n) is 3.72. The van der Waals surface area contributed by atoms with Crippen molar-refractivity contribution in [3.63, 3.8) is 0 Å². The first-order valence-electron chi connectivity index (χ1n) is 9.71. The molecule has 2 aromatic heterocycles. The molecule has 0 radical (unpaired) electrons. The standard InChI is InChI=1S/C23H26N4OS/c1-23(2,3)26-14-12-16(15-26)21-20(19-7-5-6-13-24-19)25-22(29)27(21)17-8-10-18(28-4)11-9-17/h5-15,20-21H,1-4H3,(H,25,29)/t20-,21-/m1/s1. The summed E-state index contributed by atoms with van der Waals surface area (Å²) >= 11 is 5.77. The number of anilines is 1. The van der Waals surface area contributed by atoms with Crippen molar-refractivity contribution >= 4 is 23.0 Å². The summed E-state index contributed by atoms with van der Waals surface area (Å²) in [5.41, 5.74) is 3.20. The second kappa shape index (κ2) is 7.52. The lowest BCUT2D eigenvalue weighted by Crippen LogP contribution is -2.29. The average molecular weight is 407 g/mol. The van der Waals surface area contributed by atoms with Crippen LogP contribution in [0.5, 0.6) is 5.75 Å². The molecule has 3 aromatic rings. The molecule has 1 saturated heterocycles. The van der Waals surface area contributed by atoms with Crippen molar-refractivity contribution in [3.05, 3.63) is 78.4 Å². The smallest absolute Gasteiger partial charge is 0.174 e. The third-order valence-corrected chi connectivity index (χ3v) is 5.60. The molecule has 150 valence electrons. The van der Waals surface area contributed by atoms with Crippen LogP contribution in [-0.4, -0.2) is 21.8 Å². The third-order valence-electron chi connectivity index (χ3n) is 5.28. The summed E-state index contributed by atoms with van der Waals surface area (Å²) in [6.45, 7) is 6.60. The fourth-order valence-corrected chi connectivity index (χ4v) is 4.07. The number of aromatic nitrogens is 2. The Kier molecular flexibility index (Phi) is 5.04. The molecule has 4 rings (SSSR count). The number of hydrogen-bond acceptors (Lipinski definition) is 3. The number of thiocarbonyl (C=S) groups is 1. The highest BCUT2D eigenvalue weighted by Crippen LogP contribution is 2.42. The van der Waals surface area contributed by atoms with Gasteiger partial charge < -0.3 is 19.5 Å². The molecule has 0 bridgehead atoms. The predicted octanol–water partition coefficient (Wildman–Crippen LogP) is 4.82. The number of methoxy groups -OCH3 is 1. The maximum atomic E-state index is 5.77.